The van der Waals surface area contributed by atoms with Gasteiger partial charge in [0.2, 0.25) is 15.9 Å². The van der Waals surface area contributed by atoms with Gasteiger partial charge in [0.05, 0.1) is 29.1 Å². The molecule has 1 amide bonds. The van der Waals surface area contributed by atoms with Gasteiger partial charge in [-0.15, -0.1) is 0 Å². The van der Waals surface area contributed by atoms with Gasteiger partial charge in [0, 0.05) is 12.7 Å². The number of carbonyl (C=O) groups is 1. The van der Waals surface area contributed by atoms with E-state index in [0.29, 0.717) is 19.4 Å². The zero-order valence-electron chi connectivity index (χ0n) is 16.4. The predicted octanol–water partition coefficient (Wildman–Crippen LogP) is 2.87. The molecule has 2 atom stereocenters. The van der Waals surface area contributed by atoms with Crippen LogP contribution in [0.3, 0.4) is 0 Å². The number of amides is 1. The van der Waals surface area contributed by atoms with E-state index in [1.807, 2.05) is 30.3 Å². The minimum absolute atomic E-state index is 0.142. The average Bonchev–Trinajstić information content (AvgIpc) is 3.32. The summed E-state index contributed by atoms with van der Waals surface area (Å²) < 4.78 is 28.4. The maximum absolute atomic E-state index is 13.5. The standard InChI is InChI=1S/C22H24N4O3S/c27-22(23-15-19-13-14-24-25-19)18-11-12-21(17-7-3-1-4-8-17)26(16-18)30(28,29)20-9-5-2-6-10-20/h1-10,13-14,18,21H,11-12,15-16H2,(H,23,27)(H,24,25)/t18-,21-/m1/s1. The van der Waals surface area contributed by atoms with Crippen LogP contribution in [0.5, 0.6) is 0 Å². The molecule has 1 aliphatic rings. The van der Waals surface area contributed by atoms with E-state index >= 15 is 0 Å². The third-order valence-electron chi connectivity index (χ3n) is 5.44. The van der Waals surface area contributed by atoms with Crippen molar-refractivity contribution < 1.29 is 13.2 Å². The Labute approximate surface area is 176 Å². The summed E-state index contributed by atoms with van der Waals surface area (Å²) in [5.41, 5.74) is 1.67. The van der Waals surface area contributed by atoms with E-state index in [9.17, 15) is 13.2 Å². The SMILES string of the molecule is O=C(NCc1cc[nH]n1)[C@@H]1CC[C@H](c2ccccc2)N(S(=O)(=O)c2ccccc2)C1. The van der Waals surface area contributed by atoms with Crippen LogP contribution in [0, 0.1) is 5.92 Å². The van der Waals surface area contributed by atoms with Crippen LogP contribution in [0.15, 0.2) is 77.8 Å². The van der Waals surface area contributed by atoms with Gasteiger partial charge in [-0.05, 0) is 36.6 Å². The summed E-state index contributed by atoms with van der Waals surface area (Å²) in [5, 5.41) is 9.62. The highest BCUT2D eigenvalue weighted by Gasteiger charge is 2.39. The van der Waals surface area contributed by atoms with Crippen LogP contribution in [0.2, 0.25) is 0 Å². The average molecular weight is 425 g/mol. The van der Waals surface area contributed by atoms with Crippen molar-refractivity contribution in [3.8, 4) is 0 Å². The largest absolute Gasteiger partial charge is 0.350 e. The zero-order valence-corrected chi connectivity index (χ0v) is 17.3. The van der Waals surface area contributed by atoms with Gasteiger partial charge in [-0.1, -0.05) is 48.5 Å². The molecule has 1 aliphatic heterocycles. The number of nitrogens with zero attached hydrogens (tertiary/aromatic N) is 2. The van der Waals surface area contributed by atoms with Gasteiger partial charge in [-0.25, -0.2) is 8.42 Å². The minimum Gasteiger partial charge on any atom is -0.350 e. The number of H-pyrrole nitrogens is 1. The van der Waals surface area contributed by atoms with Crippen molar-refractivity contribution in [3.05, 3.63) is 84.2 Å². The first-order chi connectivity index (χ1) is 14.6. The fraction of sp³-hybridized carbons (Fsp3) is 0.273. The lowest BCUT2D eigenvalue weighted by Crippen LogP contribution is -2.46. The number of hydrogen-bond donors (Lipinski definition) is 2. The molecule has 156 valence electrons. The second kappa shape index (κ2) is 8.81. The summed E-state index contributed by atoms with van der Waals surface area (Å²) in [5.74, 6) is -0.569. The molecular formula is C22H24N4O3S. The minimum atomic E-state index is -3.75. The highest BCUT2D eigenvalue weighted by molar-refractivity contribution is 7.89. The summed E-state index contributed by atoms with van der Waals surface area (Å²) >= 11 is 0. The smallest absolute Gasteiger partial charge is 0.243 e. The van der Waals surface area contributed by atoms with Gasteiger partial charge in [-0.2, -0.15) is 9.40 Å². The fourth-order valence-electron chi connectivity index (χ4n) is 3.87. The van der Waals surface area contributed by atoms with Gasteiger partial charge in [0.25, 0.3) is 0 Å². The zero-order chi connectivity index (χ0) is 21.0. The highest BCUT2D eigenvalue weighted by Crippen LogP contribution is 2.37. The van der Waals surface area contributed by atoms with Crippen molar-refractivity contribution in [2.24, 2.45) is 5.92 Å². The first-order valence-corrected chi connectivity index (χ1v) is 11.4. The number of piperidine rings is 1. The molecule has 0 bridgehead atoms. The van der Waals surface area contributed by atoms with Gasteiger partial charge in [-0.3, -0.25) is 9.89 Å². The van der Waals surface area contributed by atoms with Crippen molar-refractivity contribution in [3.63, 3.8) is 0 Å². The Morgan fingerprint density at radius 2 is 1.73 bits per heavy atom. The Hall–Kier alpha value is -2.97. The number of sulfonamides is 1. The van der Waals surface area contributed by atoms with Crippen molar-refractivity contribution in [1.82, 2.24) is 19.8 Å². The van der Waals surface area contributed by atoms with Crippen LogP contribution in [0.4, 0.5) is 0 Å². The molecule has 1 aromatic heterocycles. The van der Waals surface area contributed by atoms with Crippen LogP contribution in [-0.2, 0) is 21.4 Å². The van der Waals surface area contributed by atoms with E-state index < -0.39 is 15.9 Å². The number of aromatic amines is 1. The molecule has 3 aromatic rings. The second-order valence-corrected chi connectivity index (χ2v) is 9.26. The first-order valence-electron chi connectivity index (χ1n) is 9.94. The Balaban J connectivity index is 1.58. The van der Waals surface area contributed by atoms with Crippen LogP contribution in [0.25, 0.3) is 0 Å². The Morgan fingerprint density at radius 1 is 1.03 bits per heavy atom. The molecule has 0 saturated carbocycles. The lowest BCUT2D eigenvalue weighted by atomic mass is 9.90. The lowest BCUT2D eigenvalue weighted by Gasteiger charge is -2.38. The number of hydrogen-bond acceptors (Lipinski definition) is 4. The van der Waals surface area contributed by atoms with E-state index in [1.165, 1.54) is 4.31 Å². The van der Waals surface area contributed by atoms with Gasteiger partial charge in [0.1, 0.15) is 0 Å². The van der Waals surface area contributed by atoms with Crippen molar-refractivity contribution >= 4 is 15.9 Å². The Morgan fingerprint density at radius 3 is 2.40 bits per heavy atom. The number of carbonyl (C=O) groups excluding carboxylic acids is 1. The molecule has 0 aliphatic carbocycles. The molecule has 2 heterocycles. The Kier molecular flexibility index (Phi) is 5.96. The monoisotopic (exact) mass is 424 g/mol. The van der Waals surface area contributed by atoms with E-state index in [4.69, 9.17) is 0 Å². The maximum Gasteiger partial charge on any atom is 0.243 e. The molecule has 0 spiro atoms. The first kappa shape index (κ1) is 20.3. The van der Waals surface area contributed by atoms with E-state index in [0.717, 1.165) is 11.3 Å². The molecule has 0 radical (unpaired) electrons. The normalized spacial score (nSPS) is 20.0. The Bertz CT molecular complexity index is 1070. The van der Waals surface area contributed by atoms with Gasteiger partial charge < -0.3 is 5.32 Å². The maximum atomic E-state index is 13.5. The molecule has 2 N–H and O–H groups in total. The third kappa shape index (κ3) is 4.29. The summed E-state index contributed by atoms with van der Waals surface area (Å²) in [6.07, 6.45) is 2.89. The quantitative estimate of drug-likeness (QED) is 0.636. The van der Waals surface area contributed by atoms with Crippen molar-refractivity contribution in [2.45, 2.75) is 30.3 Å². The molecule has 4 rings (SSSR count). The van der Waals surface area contributed by atoms with Crippen LogP contribution < -0.4 is 5.32 Å². The van der Waals surface area contributed by atoms with Crippen LogP contribution in [0.1, 0.15) is 30.1 Å². The molecular weight excluding hydrogens is 400 g/mol. The summed E-state index contributed by atoms with van der Waals surface area (Å²) in [4.78, 5) is 13.0. The van der Waals surface area contributed by atoms with Crippen molar-refractivity contribution in [2.75, 3.05) is 6.54 Å². The summed E-state index contributed by atoms with van der Waals surface area (Å²) in [7, 11) is -3.75. The predicted molar refractivity (Wildman–Crippen MR) is 113 cm³/mol. The molecule has 2 aromatic carbocycles. The number of benzene rings is 2. The molecule has 0 unspecified atom stereocenters. The van der Waals surface area contributed by atoms with Crippen LogP contribution in [-0.4, -0.2) is 35.4 Å². The molecule has 8 heteroatoms. The number of rotatable bonds is 6. The van der Waals surface area contributed by atoms with Crippen molar-refractivity contribution in [1.29, 1.82) is 0 Å². The van der Waals surface area contributed by atoms with Crippen LogP contribution >= 0.6 is 0 Å². The highest BCUT2D eigenvalue weighted by atomic mass is 32.2. The summed E-state index contributed by atoms with van der Waals surface area (Å²) in [6, 6.07) is 19.5. The number of nitrogens with one attached hydrogen (secondary N) is 2. The lowest BCUT2D eigenvalue weighted by molar-refractivity contribution is -0.126. The molecule has 7 nitrogen and oxygen atoms in total. The molecule has 1 fully saturated rings. The fourth-order valence-corrected chi connectivity index (χ4v) is 5.58. The van der Waals surface area contributed by atoms with Gasteiger partial charge >= 0.3 is 0 Å². The molecule has 30 heavy (non-hydrogen) atoms. The second-order valence-electron chi connectivity index (χ2n) is 7.37. The van der Waals surface area contributed by atoms with Gasteiger partial charge in [0.15, 0.2) is 0 Å². The molecule has 1 saturated heterocycles. The van der Waals surface area contributed by atoms with E-state index in [2.05, 4.69) is 15.5 Å². The topological polar surface area (TPSA) is 95.2 Å². The number of aromatic nitrogens is 2. The van der Waals surface area contributed by atoms with E-state index in [1.54, 1.807) is 42.6 Å². The third-order valence-corrected chi connectivity index (χ3v) is 7.33. The van der Waals surface area contributed by atoms with E-state index in [-0.39, 0.29) is 23.4 Å². The summed E-state index contributed by atoms with van der Waals surface area (Å²) in [6.45, 7) is 0.454.